The summed E-state index contributed by atoms with van der Waals surface area (Å²) in [5, 5.41) is 8.21. The maximum atomic E-state index is 10.0. The minimum Gasteiger partial charge on any atom is -1.00 e. The first-order valence-electron chi connectivity index (χ1n) is 4.10. The third kappa shape index (κ3) is 5.27. The molecule has 0 aliphatic rings. The zero-order valence-corrected chi connectivity index (χ0v) is 10.5. The molecule has 0 saturated carbocycles. The van der Waals surface area contributed by atoms with E-state index in [1.807, 2.05) is 31.2 Å². The largest absolute Gasteiger partial charge is 1.00 e. The normalized spacial score (nSPS) is 8.93. The first-order valence-corrected chi connectivity index (χ1v) is 4.10. The fourth-order valence-corrected chi connectivity index (χ4v) is 1.01. The van der Waals surface area contributed by atoms with Gasteiger partial charge in [-0.15, -0.1) is 0 Å². The number of benzene rings is 1. The first kappa shape index (κ1) is 13.5. The van der Waals surface area contributed by atoms with E-state index in [9.17, 15) is 4.79 Å². The van der Waals surface area contributed by atoms with Crippen LogP contribution in [0.5, 0.6) is 0 Å². The van der Waals surface area contributed by atoms with E-state index in [4.69, 9.17) is 5.11 Å². The summed E-state index contributed by atoms with van der Waals surface area (Å²) in [4.78, 5) is 10.0. The Balaban J connectivity index is 0. The molecule has 0 atom stereocenters. The van der Waals surface area contributed by atoms with Crippen molar-refractivity contribution in [3.05, 3.63) is 35.4 Å². The number of ether oxygens (including phenoxy) is 1. The fraction of sp³-hybridized carbons (Fsp3) is 0.300. The van der Waals surface area contributed by atoms with Crippen molar-refractivity contribution < 1.29 is 45.6 Å². The van der Waals surface area contributed by atoms with Crippen LogP contribution in [0.1, 0.15) is 12.6 Å². The van der Waals surface area contributed by atoms with E-state index < -0.39 is 6.16 Å². The molecule has 0 aliphatic carbocycles. The van der Waals surface area contributed by atoms with Gasteiger partial charge in [0.25, 0.3) is 0 Å². The van der Waals surface area contributed by atoms with Crippen molar-refractivity contribution in [1.82, 2.24) is 0 Å². The Bertz CT molecular complexity index is 287. The van der Waals surface area contributed by atoms with E-state index in [1.165, 1.54) is 5.56 Å². The molecule has 0 bridgehead atoms. The molecule has 4 heteroatoms. The Morgan fingerprint density at radius 2 is 2.00 bits per heavy atom. The van der Waals surface area contributed by atoms with Gasteiger partial charge in [0.1, 0.15) is 0 Å². The van der Waals surface area contributed by atoms with Crippen molar-refractivity contribution in [1.29, 1.82) is 0 Å². The van der Waals surface area contributed by atoms with Crippen molar-refractivity contribution in [2.45, 2.75) is 13.3 Å². The van der Waals surface area contributed by atoms with Crippen LogP contribution in [0.25, 0.3) is 0 Å². The van der Waals surface area contributed by atoms with Crippen LogP contribution in [0.2, 0.25) is 0 Å². The van der Waals surface area contributed by atoms with E-state index in [-0.39, 0.29) is 37.6 Å². The second kappa shape index (κ2) is 6.87. The van der Waals surface area contributed by atoms with Gasteiger partial charge in [-0.25, -0.2) is 4.79 Å². The maximum absolute atomic E-state index is 10.0. The molecule has 1 N–H and O–H groups in total. The molecule has 0 radical (unpaired) electrons. The topological polar surface area (TPSA) is 46.5 Å². The third-order valence-electron chi connectivity index (χ3n) is 1.74. The van der Waals surface area contributed by atoms with Crippen LogP contribution in [0.4, 0.5) is 4.79 Å². The number of rotatable bonds is 3. The van der Waals surface area contributed by atoms with Crippen LogP contribution in [-0.4, -0.2) is 17.9 Å². The molecule has 1 rings (SSSR count). The van der Waals surface area contributed by atoms with Crippen LogP contribution < -0.4 is 29.6 Å². The van der Waals surface area contributed by atoms with Gasteiger partial charge in [0.2, 0.25) is 0 Å². The molecule has 0 unspecified atom stereocenters. The Labute approximate surface area is 107 Å². The monoisotopic (exact) mass is 204 g/mol. The third-order valence-corrected chi connectivity index (χ3v) is 1.74. The summed E-state index contributed by atoms with van der Waals surface area (Å²) in [6.07, 6.45) is -0.584. The number of carbonyl (C=O) groups is 1. The number of hydrogen-bond donors (Lipinski definition) is 1. The molecule has 3 nitrogen and oxygen atoms in total. The van der Waals surface area contributed by atoms with Gasteiger partial charge in [0.15, 0.2) is 0 Å². The Morgan fingerprint density at radius 3 is 2.50 bits per heavy atom. The molecule has 0 spiro atoms. The smallest absolute Gasteiger partial charge is 1.00 e. The average molecular weight is 204 g/mol. The van der Waals surface area contributed by atoms with E-state index in [0.29, 0.717) is 6.42 Å². The summed E-state index contributed by atoms with van der Waals surface area (Å²) in [6.45, 7) is 2.23. The van der Waals surface area contributed by atoms with Gasteiger partial charge in [0, 0.05) is 6.42 Å². The van der Waals surface area contributed by atoms with Crippen molar-refractivity contribution in [2.24, 2.45) is 0 Å². The zero-order valence-electron chi connectivity index (χ0n) is 9.49. The predicted molar refractivity (Wildman–Crippen MR) is 50.0 cm³/mol. The molecule has 14 heavy (non-hydrogen) atoms. The van der Waals surface area contributed by atoms with Crippen LogP contribution in [0.15, 0.2) is 24.3 Å². The molecule has 0 aliphatic heterocycles. The van der Waals surface area contributed by atoms with Gasteiger partial charge < -0.3 is 11.3 Å². The summed E-state index contributed by atoms with van der Waals surface area (Å²) in [6, 6.07) is 7.94. The molecule has 0 saturated heterocycles. The van der Waals surface area contributed by atoms with Crippen LogP contribution in [0, 0.1) is 6.92 Å². The minimum atomic E-state index is -1.22. The number of hydrogen-bond acceptors (Lipinski definition) is 2. The quantitative estimate of drug-likeness (QED) is 0.525. The number of carboxylic acid groups (broad SMARTS) is 1. The zero-order chi connectivity index (χ0) is 9.68. The molecule has 0 heterocycles. The molecule has 72 valence electrons. The van der Waals surface area contributed by atoms with Gasteiger partial charge in [-0.3, -0.25) is 0 Å². The molecule has 0 amide bonds. The molecule has 0 fully saturated rings. The summed E-state index contributed by atoms with van der Waals surface area (Å²) < 4.78 is 4.39. The Kier molecular flexibility index (Phi) is 6.62. The predicted octanol–water partition coefficient (Wildman–Crippen LogP) is -0.651. The minimum absolute atomic E-state index is 0. The Morgan fingerprint density at radius 1 is 1.43 bits per heavy atom. The Hall–Kier alpha value is -0.510. The second-order valence-corrected chi connectivity index (χ2v) is 2.85. The first-order chi connectivity index (χ1) is 6.18. The van der Waals surface area contributed by atoms with Crippen molar-refractivity contribution >= 4 is 6.16 Å². The summed E-state index contributed by atoms with van der Waals surface area (Å²) in [5.74, 6) is 0. The molecule has 0 aromatic heterocycles. The van der Waals surface area contributed by atoms with Crippen molar-refractivity contribution in [3.8, 4) is 0 Å². The summed E-state index contributed by atoms with van der Waals surface area (Å²) in [5.41, 5.74) is 2.29. The molecular formula is C10H13NaO3. The van der Waals surface area contributed by atoms with E-state index in [0.717, 1.165) is 5.56 Å². The van der Waals surface area contributed by atoms with Crippen LogP contribution in [-0.2, 0) is 11.2 Å². The van der Waals surface area contributed by atoms with E-state index >= 15 is 0 Å². The van der Waals surface area contributed by atoms with Crippen LogP contribution >= 0.6 is 0 Å². The molecule has 1 aromatic rings. The van der Waals surface area contributed by atoms with Gasteiger partial charge in [-0.1, -0.05) is 29.8 Å². The standard InChI is InChI=1S/C10H12O3.Na.H/c1-8-2-4-9(5-3-8)6-7-13-10(11)12;;/h2-5H,6-7H2,1H3,(H,11,12);;/q;+1;-1. The molecular weight excluding hydrogens is 191 g/mol. The van der Waals surface area contributed by atoms with Gasteiger partial charge in [0.05, 0.1) is 6.61 Å². The SMILES string of the molecule is Cc1ccc(CCOC(=O)O)cc1.[H-].[Na+]. The molecule has 1 aromatic carbocycles. The number of aryl methyl sites for hydroxylation is 1. The van der Waals surface area contributed by atoms with Gasteiger partial charge in [-0.2, -0.15) is 0 Å². The summed E-state index contributed by atoms with van der Waals surface area (Å²) >= 11 is 0. The fourth-order valence-electron chi connectivity index (χ4n) is 1.01. The van der Waals surface area contributed by atoms with E-state index in [2.05, 4.69) is 4.74 Å². The second-order valence-electron chi connectivity index (χ2n) is 2.85. The van der Waals surface area contributed by atoms with Crippen LogP contribution in [0.3, 0.4) is 0 Å². The summed E-state index contributed by atoms with van der Waals surface area (Å²) in [7, 11) is 0. The van der Waals surface area contributed by atoms with E-state index in [1.54, 1.807) is 0 Å². The van der Waals surface area contributed by atoms with Gasteiger partial charge in [-0.05, 0) is 12.5 Å². The average Bonchev–Trinajstić information content (AvgIpc) is 2.08. The van der Waals surface area contributed by atoms with Gasteiger partial charge >= 0.3 is 35.7 Å². The maximum Gasteiger partial charge on any atom is 1.00 e. The van der Waals surface area contributed by atoms with Crippen molar-refractivity contribution in [3.63, 3.8) is 0 Å². The van der Waals surface area contributed by atoms with Crippen molar-refractivity contribution in [2.75, 3.05) is 6.61 Å².